The summed E-state index contributed by atoms with van der Waals surface area (Å²) in [5, 5.41) is 12.0. The summed E-state index contributed by atoms with van der Waals surface area (Å²) < 4.78 is 22.5. The molecule has 1 heterocycles. The van der Waals surface area contributed by atoms with Crippen molar-refractivity contribution in [3.8, 4) is 11.8 Å². The van der Waals surface area contributed by atoms with E-state index in [4.69, 9.17) is 5.11 Å². The van der Waals surface area contributed by atoms with Crippen molar-refractivity contribution >= 4 is 27.1 Å². The molecule has 1 atom stereocenters. The summed E-state index contributed by atoms with van der Waals surface area (Å²) >= 11 is 1.41. The SMILES string of the molecule is CC(C(=O)NCc1sccc1C#CCO)S(C)(=O)=O. The van der Waals surface area contributed by atoms with Crippen LogP contribution in [-0.4, -0.2) is 37.5 Å². The highest BCUT2D eigenvalue weighted by Crippen LogP contribution is 2.15. The normalized spacial score (nSPS) is 12.4. The van der Waals surface area contributed by atoms with Gasteiger partial charge < -0.3 is 10.4 Å². The van der Waals surface area contributed by atoms with Crippen molar-refractivity contribution in [2.24, 2.45) is 0 Å². The van der Waals surface area contributed by atoms with Gasteiger partial charge >= 0.3 is 0 Å². The number of amides is 1. The Morgan fingerprint density at radius 1 is 1.58 bits per heavy atom. The third-order valence-electron chi connectivity index (χ3n) is 2.48. The molecular formula is C12H15NO4S2. The maximum absolute atomic E-state index is 11.6. The number of hydrogen-bond donors (Lipinski definition) is 2. The van der Waals surface area contributed by atoms with Crippen LogP contribution >= 0.6 is 11.3 Å². The fourth-order valence-corrected chi connectivity index (χ4v) is 2.47. The molecule has 1 rings (SSSR count). The van der Waals surface area contributed by atoms with Crippen molar-refractivity contribution in [2.75, 3.05) is 12.9 Å². The molecule has 1 unspecified atom stereocenters. The minimum absolute atomic E-state index is 0.228. The second kappa shape index (κ2) is 6.70. The third kappa shape index (κ3) is 4.67. The lowest BCUT2D eigenvalue weighted by molar-refractivity contribution is -0.120. The van der Waals surface area contributed by atoms with Gasteiger partial charge in [0.15, 0.2) is 9.84 Å². The Hall–Kier alpha value is -1.36. The van der Waals surface area contributed by atoms with Crippen LogP contribution in [0.4, 0.5) is 0 Å². The lowest BCUT2D eigenvalue weighted by Crippen LogP contribution is -2.36. The van der Waals surface area contributed by atoms with Gasteiger partial charge in [-0.15, -0.1) is 11.3 Å². The Labute approximate surface area is 116 Å². The first kappa shape index (κ1) is 15.7. The van der Waals surface area contributed by atoms with E-state index in [1.165, 1.54) is 18.3 Å². The predicted molar refractivity (Wildman–Crippen MR) is 74.4 cm³/mol. The Morgan fingerprint density at radius 2 is 2.26 bits per heavy atom. The largest absolute Gasteiger partial charge is 0.384 e. The predicted octanol–water partition coefficient (Wildman–Crippen LogP) is 0.141. The first-order valence-electron chi connectivity index (χ1n) is 5.49. The number of aliphatic hydroxyl groups excluding tert-OH is 1. The van der Waals surface area contributed by atoms with E-state index in [0.29, 0.717) is 0 Å². The van der Waals surface area contributed by atoms with E-state index in [0.717, 1.165) is 16.7 Å². The molecule has 0 aliphatic rings. The average Bonchev–Trinajstić information content (AvgIpc) is 2.78. The molecule has 1 aromatic rings. The van der Waals surface area contributed by atoms with Gasteiger partial charge in [0.25, 0.3) is 0 Å². The van der Waals surface area contributed by atoms with E-state index < -0.39 is 21.0 Å². The van der Waals surface area contributed by atoms with E-state index in [-0.39, 0.29) is 13.2 Å². The lowest BCUT2D eigenvalue weighted by atomic mass is 10.2. The van der Waals surface area contributed by atoms with Gasteiger partial charge in [0.1, 0.15) is 11.9 Å². The van der Waals surface area contributed by atoms with Crippen molar-refractivity contribution in [1.82, 2.24) is 5.32 Å². The number of sulfone groups is 1. The molecule has 1 aromatic heterocycles. The van der Waals surface area contributed by atoms with Gasteiger partial charge in [-0.25, -0.2) is 8.42 Å². The highest BCUT2D eigenvalue weighted by molar-refractivity contribution is 7.92. The fraction of sp³-hybridized carbons (Fsp3) is 0.417. The second-order valence-corrected chi connectivity index (χ2v) is 7.27. The van der Waals surface area contributed by atoms with Crippen molar-refractivity contribution < 1.29 is 18.3 Å². The van der Waals surface area contributed by atoms with E-state index in [1.54, 1.807) is 6.07 Å². The van der Waals surface area contributed by atoms with Gasteiger partial charge in [0.2, 0.25) is 5.91 Å². The minimum atomic E-state index is -3.39. The summed E-state index contributed by atoms with van der Waals surface area (Å²) in [4.78, 5) is 12.5. The summed E-state index contributed by atoms with van der Waals surface area (Å²) in [7, 11) is -3.39. The Kier molecular flexibility index (Phi) is 5.54. The molecule has 0 fully saturated rings. The molecule has 19 heavy (non-hydrogen) atoms. The van der Waals surface area contributed by atoms with Crippen LogP contribution in [0.1, 0.15) is 17.4 Å². The third-order valence-corrected chi connectivity index (χ3v) is 4.90. The van der Waals surface area contributed by atoms with Crippen LogP contribution in [0.25, 0.3) is 0 Å². The number of rotatable bonds is 4. The molecule has 0 saturated heterocycles. The summed E-state index contributed by atoms with van der Waals surface area (Å²) in [6.45, 7) is 1.35. The molecule has 1 amide bonds. The molecule has 2 N–H and O–H groups in total. The first-order chi connectivity index (χ1) is 8.86. The van der Waals surface area contributed by atoms with Crippen LogP contribution in [0.3, 0.4) is 0 Å². The van der Waals surface area contributed by atoms with Crippen molar-refractivity contribution in [3.05, 3.63) is 21.9 Å². The molecule has 0 aromatic carbocycles. The fourth-order valence-electron chi connectivity index (χ4n) is 1.23. The van der Waals surface area contributed by atoms with Gasteiger partial charge in [0, 0.05) is 16.7 Å². The second-order valence-electron chi connectivity index (χ2n) is 3.91. The zero-order chi connectivity index (χ0) is 14.5. The van der Waals surface area contributed by atoms with Crippen LogP contribution in [0, 0.1) is 11.8 Å². The van der Waals surface area contributed by atoms with Gasteiger partial charge in [0.05, 0.1) is 6.54 Å². The van der Waals surface area contributed by atoms with E-state index >= 15 is 0 Å². The highest BCUT2D eigenvalue weighted by Gasteiger charge is 2.23. The summed E-state index contributed by atoms with van der Waals surface area (Å²) in [6.07, 6.45) is 1.03. The maximum atomic E-state index is 11.6. The summed E-state index contributed by atoms with van der Waals surface area (Å²) in [6, 6.07) is 1.79. The van der Waals surface area contributed by atoms with Crippen molar-refractivity contribution in [3.63, 3.8) is 0 Å². The summed E-state index contributed by atoms with van der Waals surface area (Å²) in [5.41, 5.74) is 0.728. The molecule has 0 aliphatic carbocycles. The molecule has 0 bridgehead atoms. The highest BCUT2D eigenvalue weighted by atomic mass is 32.2. The molecule has 0 spiro atoms. The molecule has 104 valence electrons. The van der Waals surface area contributed by atoms with Crippen LogP contribution in [-0.2, 0) is 21.2 Å². The summed E-state index contributed by atoms with van der Waals surface area (Å²) in [5.74, 6) is 4.77. The standard InChI is InChI=1S/C12H15NO4S2/c1-9(19(2,16)17)12(15)13-8-11-10(4-3-6-14)5-7-18-11/h5,7,9,14H,6,8H2,1-2H3,(H,13,15). The maximum Gasteiger partial charge on any atom is 0.238 e. The number of carbonyl (C=O) groups excluding carboxylic acids is 1. The molecule has 5 nitrogen and oxygen atoms in total. The number of aliphatic hydroxyl groups is 1. The molecule has 0 radical (unpaired) electrons. The van der Waals surface area contributed by atoms with Crippen molar-refractivity contribution in [2.45, 2.75) is 18.7 Å². The topological polar surface area (TPSA) is 83.5 Å². The van der Waals surface area contributed by atoms with E-state index in [1.807, 2.05) is 5.38 Å². The molecule has 0 saturated carbocycles. The number of carbonyl (C=O) groups is 1. The number of nitrogens with one attached hydrogen (secondary N) is 1. The van der Waals surface area contributed by atoms with Crippen LogP contribution in [0.5, 0.6) is 0 Å². The Bertz CT molecular complexity index is 607. The number of hydrogen-bond acceptors (Lipinski definition) is 5. The van der Waals surface area contributed by atoms with Crippen molar-refractivity contribution in [1.29, 1.82) is 0 Å². The Balaban J connectivity index is 2.68. The molecule has 7 heteroatoms. The number of thiophene rings is 1. The van der Waals surface area contributed by atoms with Gasteiger partial charge in [-0.2, -0.15) is 0 Å². The minimum Gasteiger partial charge on any atom is -0.384 e. The van der Waals surface area contributed by atoms with E-state index in [2.05, 4.69) is 17.2 Å². The first-order valence-corrected chi connectivity index (χ1v) is 8.32. The molecule has 0 aliphatic heterocycles. The van der Waals surface area contributed by atoms with Gasteiger partial charge in [-0.05, 0) is 18.4 Å². The Morgan fingerprint density at radius 3 is 2.84 bits per heavy atom. The lowest BCUT2D eigenvalue weighted by Gasteiger charge is -2.09. The zero-order valence-corrected chi connectivity index (χ0v) is 12.3. The zero-order valence-electron chi connectivity index (χ0n) is 10.6. The molecular weight excluding hydrogens is 286 g/mol. The smallest absolute Gasteiger partial charge is 0.238 e. The monoisotopic (exact) mass is 301 g/mol. The van der Waals surface area contributed by atoms with Gasteiger partial charge in [-0.1, -0.05) is 11.8 Å². The quantitative estimate of drug-likeness (QED) is 0.775. The van der Waals surface area contributed by atoms with Crippen LogP contribution in [0.15, 0.2) is 11.4 Å². The average molecular weight is 301 g/mol. The van der Waals surface area contributed by atoms with Crippen LogP contribution < -0.4 is 5.32 Å². The van der Waals surface area contributed by atoms with E-state index in [9.17, 15) is 13.2 Å². The van der Waals surface area contributed by atoms with Crippen LogP contribution in [0.2, 0.25) is 0 Å². The van der Waals surface area contributed by atoms with Gasteiger partial charge in [-0.3, -0.25) is 4.79 Å².